The number of amides is 1. The van der Waals surface area contributed by atoms with E-state index in [4.69, 9.17) is 4.52 Å². The molecule has 0 atom stereocenters. The number of hydrogen-bond acceptors (Lipinski definition) is 5. The fourth-order valence-corrected chi connectivity index (χ4v) is 3.35. The van der Waals surface area contributed by atoms with Crippen molar-refractivity contribution in [3.8, 4) is 11.5 Å². The molecule has 0 bridgehead atoms. The number of likely N-dealkylation sites (tertiary alicyclic amines) is 1. The molecule has 1 fully saturated rings. The number of aromatic nitrogens is 2. The van der Waals surface area contributed by atoms with Crippen LogP contribution in [0.4, 0.5) is 0 Å². The van der Waals surface area contributed by atoms with Gasteiger partial charge in [0.1, 0.15) is 0 Å². The minimum absolute atomic E-state index is 0.0445. The molecule has 2 heterocycles. The maximum absolute atomic E-state index is 13.1. The molecule has 146 valence electrons. The zero-order valence-corrected chi connectivity index (χ0v) is 16.8. The number of carbonyl (C=O) groups excluding carboxylic acids is 1. The fourth-order valence-electron chi connectivity index (χ4n) is 3.35. The van der Waals surface area contributed by atoms with Crippen LogP contribution in [0.25, 0.3) is 11.5 Å². The number of nitrogens with zero attached hydrogens (tertiary/aromatic N) is 3. The van der Waals surface area contributed by atoms with Crippen molar-refractivity contribution in [1.29, 1.82) is 0 Å². The largest absolute Gasteiger partial charge is 0.339 e. The Kier molecular flexibility index (Phi) is 5.95. The third kappa shape index (κ3) is 4.56. The number of rotatable bonds is 5. The van der Waals surface area contributed by atoms with Crippen molar-refractivity contribution in [2.75, 3.05) is 26.2 Å². The van der Waals surface area contributed by atoms with Crippen LogP contribution in [-0.4, -0.2) is 47.1 Å². The molecule has 0 unspecified atom stereocenters. The van der Waals surface area contributed by atoms with Gasteiger partial charge >= 0.3 is 0 Å². The molecule has 3 rings (SSSR count). The Hall–Kier alpha value is -2.21. The maximum Gasteiger partial charge on any atom is 0.258 e. The highest BCUT2D eigenvalue weighted by atomic mass is 16.5. The second-order valence-electron chi connectivity index (χ2n) is 8.26. The van der Waals surface area contributed by atoms with E-state index in [0.29, 0.717) is 28.8 Å². The van der Waals surface area contributed by atoms with Crippen molar-refractivity contribution in [2.45, 2.75) is 46.0 Å². The SMILES string of the molecule is CCNCC1CCN(C(=O)c2ccccc2-c2nc(C(C)(C)C)no2)CC1. The molecule has 0 radical (unpaired) electrons. The molecule has 1 aromatic heterocycles. The summed E-state index contributed by atoms with van der Waals surface area (Å²) < 4.78 is 5.48. The lowest BCUT2D eigenvalue weighted by Crippen LogP contribution is -2.40. The van der Waals surface area contributed by atoms with Crippen molar-refractivity contribution in [1.82, 2.24) is 20.4 Å². The lowest BCUT2D eigenvalue weighted by Gasteiger charge is -2.32. The summed E-state index contributed by atoms with van der Waals surface area (Å²) in [5, 5.41) is 7.50. The van der Waals surface area contributed by atoms with Gasteiger partial charge in [0.15, 0.2) is 5.82 Å². The first kappa shape index (κ1) is 19.5. The molecule has 6 nitrogen and oxygen atoms in total. The minimum Gasteiger partial charge on any atom is -0.339 e. The highest BCUT2D eigenvalue weighted by Crippen LogP contribution is 2.28. The van der Waals surface area contributed by atoms with Gasteiger partial charge < -0.3 is 14.7 Å². The summed E-state index contributed by atoms with van der Waals surface area (Å²) in [7, 11) is 0. The normalized spacial score (nSPS) is 15.9. The average Bonchev–Trinajstić information content (AvgIpc) is 3.17. The predicted molar refractivity (Wildman–Crippen MR) is 106 cm³/mol. The van der Waals surface area contributed by atoms with E-state index in [9.17, 15) is 4.79 Å². The molecular formula is C21H30N4O2. The van der Waals surface area contributed by atoms with Gasteiger partial charge in [0, 0.05) is 18.5 Å². The van der Waals surface area contributed by atoms with Crippen LogP contribution in [0.5, 0.6) is 0 Å². The smallest absolute Gasteiger partial charge is 0.258 e. The average molecular weight is 370 g/mol. The van der Waals surface area contributed by atoms with E-state index in [0.717, 1.165) is 39.0 Å². The molecule has 6 heteroatoms. The third-order valence-corrected chi connectivity index (χ3v) is 5.07. The van der Waals surface area contributed by atoms with Gasteiger partial charge in [0.2, 0.25) is 0 Å². The Morgan fingerprint density at radius 3 is 2.59 bits per heavy atom. The van der Waals surface area contributed by atoms with Gasteiger partial charge in [0.05, 0.1) is 11.1 Å². The quantitative estimate of drug-likeness (QED) is 0.872. The first-order chi connectivity index (χ1) is 12.9. The summed E-state index contributed by atoms with van der Waals surface area (Å²) in [6.45, 7) is 11.8. The van der Waals surface area contributed by atoms with Gasteiger partial charge in [0.25, 0.3) is 11.8 Å². The lowest BCUT2D eigenvalue weighted by atomic mass is 9.95. The van der Waals surface area contributed by atoms with E-state index in [1.54, 1.807) is 0 Å². The predicted octanol–water partition coefficient (Wildman–Crippen LogP) is 3.50. The maximum atomic E-state index is 13.1. The third-order valence-electron chi connectivity index (χ3n) is 5.07. The first-order valence-electron chi connectivity index (χ1n) is 9.83. The Balaban J connectivity index is 1.76. The van der Waals surface area contributed by atoms with Gasteiger partial charge in [-0.25, -0.2) is 0 Å². The Morgan fingerprint density at radius 2 is 1.96 bits per heavy atom. The number of hydrogen-bond donors (Lipinski definition) is 1. The summed E-state index contributed by atoms with van der Waals surface area (Å²) in [5.74, 6) is 1.74. The molecule has 27 heavy (non-hydrogen) atoms. The molecule has 1 N–H and O–H groups in total. The van der Waals surface area contributed by atoms with Gasteiger partial charge in [-0.15, -0.1) is 0 Å². The molecule has 0 spiro atoms. The van der Waals surface area contributed by atoms with Gasteiger partial charge in [-0.1, -0.05) is 45.0 Å². The van der Waals surface area contributed by atoms with Crippen LogP contribution in [0.15, 0.2) is 28.8 Å². The highest BCUT2D eigenvalue weighted by Gasteiger charge is 2.27. The van der Waals surface area contributed by atoms with Crippen LogP contribution in [0, 0.1) is 5.92 Å². The van der Waals surface area contributed by atoms with E-state index < -0.39 is 0 Å². The Labute approximate surface area is 161 Å². The Bertz CT molecular complexity index is 770. The van der Waals surface area contributed by atoms with E-state index in [2.05, 4.69) is 22.4 Å². The molecule has 2 aromatic rings. The standard InChI is InChI=1S/C21H30N4O2/c1-5-22-14-15-10-12-25(13-11-15)19(26)17-9-7-6-8-16(17)18-23-20(24-27-18)21(2,3)4/h6-9,15,22H,5,10-14H2,1-4H3. The molecule has 0 saturated carbocycles. The highest BCUT2D eigenvalue weighted by molar-refractivity contribution is 6.00. The lowest BCUT2D eigenvalue weighted by molar-refractivity contribution is 0.0691. The monoisotopic (exact) mass is 370 g/mol. The number of nitrogens with one attached hydrogen (secondary N) is 1. The van der Waals surface area contributed by atoms with Crippen molar-refractivity contribution in [2.24, 2.45) is 5.92 Å². The van der Waals surface area contributed by atoms with Crippen LogP contribution < -0.4 is 5.32 Å². The first-order valence-corrected chi connectivity index (χ1v) is 9.83. The topological polar surface area (TPSA) is 71.3 Å². The molecule has 1 aliphatic heterocycles. The van der Waals surface area contributed by atoms with Crippen LogP contribution >= 0.6 is 0 Å². The molecule has 1 aliphatic rings. The van der Waals surface area contributed by atoms with Gasteiger partial charge in [-0.05, 0) is 44.0 Å². The minimum atomic E-state index is -0.199. The molecule has 1 amide bonds. The summed E-state index contributed by atoms with van der Waals surface area (Å²) in [5.41, 5.74) is 1.14. The second-order valence-corrected chi connectivity index (χ2v) is 8.26. The molecular weight excluding hydrogens is 340 g/mol. The van der Waals surface area contributed by atoms with Crippen LogP contribution in [0.3, 0.4) is 0 Å². The van der Waals surface area contributed by atoms with E-state index in [1.165, 1.54) is 0 Å². The van der Waals surface area contributed by atoms with E-state index in [1.807, 2.05) is 49.9 Å². The molecule has 1 saturated heterocycles. The number of benzene rings is 1. The summed E-state index contributed by atoms with van der Waals surface area (Å²) in [6, 6.07) is 7.51. The molecule has 1 aromatic carbocycles. The van der Waals surface area contributed by atoms with Crippen molar-refractivity contribution in [3.05, 3.63) is 35.7 Å². The van der Waals surface area contributed by atoms with E-state index in [-0.39, 0.29) is 11.3 Å². The van der Waals surface area contributed by atoms with Crippen LogP contribution in [0.1, 0.15) is 56.7 Å². The van der Waals surface area contributed by atoms with Crippen molar-refractivity contribution in [3.63, 3.8) is 0 Å². The zero-order valence-electron chi connectivity index (χ0n) is 16.8. The fraction of sp³-hybridized carbons (Fsp3) is 0.571. The number of carbonyl (C=O) groups is 1. The van der Waals surface area contributed by atoms with Gasteiger partial charge in [-0.2, -0.15) is 4.98 Å². The Morgan fingerprint density at radius 1 is 1.26 bits per heavy atom. The van der Waals surface area contributed by atoms with Crippen LogP contribution in [0.2, 0.25) is 0 Å². The second kappa shape index (κ2) is 8.21. The van der Waals surface area contributed by atoms with Crippen molar-refractivity contribution >= 4 is 5.91 Å². The zero-order chi connectivity index (χ0) is 19.4. The molecule has 0 aliphatic carbocycles. The van der Waals surface area contributed by atoms with E-state index >= 15 is 0 Å². The summed E-state index contributed by atoms with van der Waals surface area (Å²) in [4.78, 5) is 19.6. The summed E-state index contributed by atoms with van der Waals surface area (Å²) in [6.07, 6.45) is 2.07. The van der Waals surface area contributed by atoms with Crippen LogP contribution in [-0.2, 0) is 5.41 Å². The summed E-state index contributed by atoms with van der Waals surface area (Å²) >= 11 is 0. The van der Waals surface area contributed by atoms with Gasteiger partial charge in [-0.3, -0.25) is 4.79 Å². The van der Waals surface area contributed by atoms with Crippen molar-refractivity contribution < 1.29 is 9.32 Å². The number of piperidine rings is 1.